The van der Waals surface area contributed by atoms with E-state index in [1.807, 2.05) is 0 Å². The summed E-state index contributed by atoms with van der Waals surface area (Å²) < 4.78 is 279. The molecule has 0 aliphatic heterocycles. The van der Waals surface area contributed by atoms with Crippen LogP contribution in [0.3, 0.4) is 0 Å². The van der Waals surface area contributed by atoms with E-state index in [0.717, 1.165) is 0 Å². The van der Waals surface area contributed by atoms with Gasteiger partial charge in [-0.05, 0) is 0 Å². The van der Waals surface area contributed by atoms with E-state index in [1.54, 1.807) is 0 Å². The molecule has 3 rings (SSSR count). The average Bonchev–Trinajstić information content (AvgIpc) is 2.89. The summed E-state index contributed by atoms with van der Waals surface area (Å²) >= 11 is 0. The monoisotopic (exact) mass is 768 g/mol. The number of benzene rings is 3. The van der Waals surface area contributed by atoms with Gasteiger partial charge in [-0.2, -0.15) is 0 Å². The predicted molar refractivity (Wildman–Crippen MR) is 108 cm³/mol. The van der Waals surface area contributed by atoms with Gasteiger partial charge in [-0.25, -0.2) is 91.1 Å². The Balaban J connectivity index is 0.000000653. The van der Waals surface area contributed by atoms with Crippen LogP contribution in [0.1, 0.15) is 0 Å². The van der Waals surface area contributed by atoms with Gasteiger partial charge in [0.05, 0.1) is 0 Å². The Bertz CT molecular complexity index is 1720. The molecule has 3 aromatic rings. The summed E-state index contributed by atoms with van der Waals surface area (Å²) in [6.07, 6.45) is 0. The van der Waals surface area contributed by atoms with Crippen LogP contribution >= 0.6 is 0 Å². The van der Waals surface area contributed by atoms with Crippen LogP contribution in [0, 0.1) is 87.3 Å². The maximum atomic E-state index is 12.6. The zero-order valence-electron chi connectivity index (χ0n) is 20.1. The topological polar surface area (TPSA) is 172 Å². The quantitative estimate of drug-likeness (QED) is 0.127. The average molecular weight is 768 g/mol. The van der Waals surface area contributed by atoms with Crippen LogP contribution in [0.2, 0.25) is 0 Å². The second-order valence-electron chi connectivity index (χ2n) is 7.06. The molecule has 0 aliphatic rings. The van der Waals surface area contributed by atoms with Crippen LogP contribution in [0.15, 0.2) is 14.7 Å². The Labute approximate surface area is 254 Å². The van der Waals surface area contributed by atoms with Crippen LogP contribution in [-0.2, 0) is 30.4 Å². The first-order chi connectivity index (χ1) is 20.0. The standard InChI is InChI=1S/3C6HF5O3S.Al/c3*7-1-2(8)4(10)6(15(12,13)14)5(11)3(1)9;/h3*(H,12,13,14);/q;;;+3/p-3. The Morgan fingerprint density at radius 1 is 0.261 bits per heavy atom. The smallest absolute Gasteiger partial charge is 0.744 e. The first-order valence-corrected chi connectivity index (χ1v) is 13.7. The van der Waals surface area contributed by atoms with Gasteiger partial charge in [-0.3, -0.25) is 0 Å². The fraction of sp³-hybridized carbons (Fsp3) is 0. The summed E-state index contributed by atoms with van der Waals surface area (Å²) in [5.74, 6) is -38.5. The van der Waals surface area contributed by atoms with Crippen molar-refractivity contribution in [1.29, 1.82) is 0 Å². The molecule has 0 unspecified atom stereocenters. The summed E-state index contributed by atoms with van der Waals surface area (Å²) in [7, 11) is -17.3. The van der Waals surface area contributed by atoms with Gasteiger partial charge in [0.25, 0.3) is 0 Å². The van der Waals surface area contributed by atoms with Gasteiger partial charge in [0.15, 0.2) is 69.8 Å². The fourth-order valence-corrected chi connectivity index (χ4v) is 4.27. The summed E-state index contributed by atoms with van der Waals surface area (Å²) in [5, 5.41) is 0. The van der Waals surface area contributed by atoms with Crippen molar-refractivity contribution >= 4 is 47.7 Å². The molecule has 0 fully saturated rings. The molecular formula is C18AlF15O9S3. The Kier molecular flexibility index (Phi) is 13.7. The molecule has 0 radical (unpaired) electrons. The zero-order valence-corrected chi connectivity index (χ0v) is 23.7. The molecule has 0 N–H and O–H groups in total. The summed E-state index contributed by atoms with van der Waals surface area (Å²) in [6.45, 7) is 0. The molecule has 252 valence electrons. The van der Waals surface area contributed by atoms with Gasteiger partial charge in [0.2, 0.25) is 17.5 Å². The summed E-state index contributed by atoms with van der Waals surface area (Å²) in [5.41, 5.74) is 0. The van der Waals surface area contributed by atoms with E-state index in [9.17, 15) is 105 Å². The second kappa shape index (κ2) is 14.7. The van der Waals surface area contributed by atoms with E-state index in [4.69, 9.17) is 0 Å². The van der Waals surface area contributed by atoms with Crippen LogP contribution in [0.4, 0.5) is 65.9 Å². The molecule has 0 saturated heterocycles. The van der Waals surface area contributed by atoms with E-state index in [1.165, 1.54) is 0 Å². The van der Waals surface area contributed by atoms with E-state index in [-0.39, 0.29) is 17.4 Å². The van der Waals surface area contributed by atoms with Crippen LogP contribution in [0.5, 0.6) is 0 Å². The maximum Gasteiger partial charge on any atom is 3.00 e. The van der Waals surface area contributed by atoms with E-state index in [0.29, 0.717) is 0 Å². The number of hydrogen-bond donors (Lipinski definition) is 0. The Morgan fingerprint density at radius 3 is 0.435 bits per heavy atom. The van der Waals surface area contributed by atoms with Crippen molar-refractivity contribution in [3.8, 4) is 0 Å². The van der Waals surface area contributed by atoms with Crippen molar-refractivity contribution in [3.05, 3.63) is 87.3 Å². The molecule has 0 aliphatic carbocycles. The van der Waals surface area contributed by atoms with Gasteiger partial charge in [-0.15, -0.1) is 0 Å². The minimum atomic E-state index is -5.77. The molecule has 0 heterocycles. The largest absolute Gasteiger partial charge is 3.00 e. The van der Waals surface area contributed by atoms with Crippen molar-refractivity contribution in [2.24, 2.45) is 0 Å². The fourth-order valence-electron chi connectivity index (χ4n) is 2.41. The third kappa shape index (κ3) is 8.61. The predicted octanol–water partition coefficient (Wildman–Crippen LogP) is 3.48. The van der Waals surface area contributed by atoms with Crippen molar-refractivity contribution in [2.75, 3.05) is 0 Å². The second-order valence-corrected chi connectivity index (χ2v) is 11.0. The number of halogens is 15. The molecular weight excluding hydrogens is 768 g/mol. The SMILES string of the molecule is O=S(=O)([O-])c1c(F)c(F)c(F)c(F)c1F.O=S(=O)([O-])c1c(F)c(F)c(F)c(F)c1F.O=S(=O)([O-])c1c(F)c(F)c(F)c(F)c1F.[Al+3]. The molecule has 9 nitrogen and oxygen atoms in total. The van der Waals surface area contributed by atoms with Gasteiger partial charge in [-0.1, -0.05) is 0 Å². The molecule has 3 aromatic carbocycles. The normalized spacial score (nSPS) is 11.6. The van der Waals surface area contributed by atoms with Crippen molar-refractivity contribution in [2.45, 2.75) is 14.7 Å². The van der Waals surface area contributed by atoms with Crippen molar-refractivity contribution in [3.63, 3.8) is 0 Å². The van der Waals surface area contributed by atoms with Gasteiger partial charge < -0.3 is 13.7 Å². The van der Waals surface area contributed by atoms with Gasteiger partial charge in [0.1, 0.15) is 45.0 Å². The first-order valence-electron chi connectivity index (χ1n) is 9.45. The van der Waals surface area contributed by atoms with E-state index < -0.39 is 132 Å². The number of hydrogen-bond acceptors (Lipinski definition) is 9. The van der Waals surface area contributed by atoms with Gasteiger partial charge in [0, 0.05) is 0 Å². The van der Waals surface area contributed by atoms with Gasteiger partial charge >= 0.3 is 17.4 Å². The first kappa shape index (κ1) is 42.9. The van der Waals surface area contributed by atoms with Crippen molar-refractivity contribution in [1.82, 2.24) is 0 Å². The summed E-state index contributed by atoms with van der Waals surface area (Å²) in [4.78, 5) is -7.13. The number of rotatable bonds is 3. The third-order valence-electron chi connectivity index (χ3n) is 4.26. The molecule has 0 aromatic heterocycles. The van der Waals surface area contributed by atoms with Crippen LogP contribution in [0.25, 0.3) is 0 Å². The molecule has 0 saturated carbocycles. The molecule has 46 heavy (non-hydrogen) atoms. The Hall–Kier alpha value is -3.13. The minimum Gasteiger partial charge on any atom is -0.744 e. The minimum absolute atomic E-state index is 0. The van der Waals surface area contributed by atoms with Crippen LogP contribution < -0.4 is 0 Å². The van der Waals surface area contributed by atoms with E-state index in [2.05, 4.69) is 0 Å². The van der Waals surface area contributed by atoms with E-state index >= 15 is 0 Å². The van der Waals surface area contributed by atoms with Crippen LogP contribution in [-0.4, -0.2) is 56.3 Å². The zero-order chi connectivity index (χ0) is 35.9. The van der Waals surface area contributed by atoms with Crippen molar-refractivity contribution < 1.29 is 105 Å². The molecule has 0 spiro atoms. The molecule has 0 bridgehead atoms. The summed E-state index contributed by atoms with van der Waals surface area (Å²) in [6, 6.07) is 0. The molecule has 28 heteroatoms. The Morgan fingerprint density at radius 2 is 0.348 bits per heavy atom. The third-order valence-corrected chi connectivity index (χ3v) is 6.83. The molecule has 0 amide bonds. The maximum absolute atomic E-state index is 12.6. The molecule has 0 atom stereocenters.